The van der Waals surface area contributed by atoms with Crippen molar-refractivity contribution in [2.45, 2.75) is 25.8 Å². The van der Waals surface area contributed by atoms with Crippen molar-refractivity contribution in [3.63, 3.8) is 0 Å². The van der Waals surface area contributed by atoms with Crippen molar-refractivity contribution < 1.29 is 4.79 Å². The summed E-state index contributed by atoms with van der Waals surface area (Å²) in [5.41, 5.74) is 2.19. The van der Waals surface area contributed by atoms with E-state index in [1.54, 1.807) is 4.68 Å². The van der Waals surface area contributed by atoms with Gasteiger partial charge < -0.3 is 10.6 Å². The summed E-state index contributed by atoms with van der Waals surface area (Å²) in [6, 6.07) is 0. The summed E-state index contributed by atoms with van der Waals surface area (Å²) in [4.78, 5) is 11.7. The van der Waals surface area contributed by atoms with E-state index in [4.69, 9.17) is 11.6 Å². The van der Waals surface area contributed by atoms with Crippen molar-refractivity contribution in [2.24, 2.45) is 7.05 Å². The Kier molecular flexibility index (Phi) is 4.02. The van der Waals surface area contributed by atoms with Crippen molar-refractivity contribution in [3.8, 4) is 0 Å². The number of amides is 1. The van der Waals surface area contributed by atoms with E-state index < -0.39 is 0 Å². The zero-order valence-electron chi connectivity index (χ0n) is 9.92. The first kappa shape index (κ1) is 12.4. The summed E-state index contributed by atoms with van der Waals surface area (Å²) in [6.07, 6.45) is 2.07. The number of carbonyl (C=O) groups is 1. The van der Waals surface area contributed by atoms with Gasteiger partial charge in [-0.3, -0.25) is 9.48 Å². The first-order valence-corrected chi connectivity index (χ1v) is 6.37. The number of aryl methyl sites for hydroxylation is 1. The fourth-order valence-corrected chi connectivity index (χ4v) is 2.14. The van der Waals surface area contributed by atoms with Crippen LogP contribution >= 0.6 is 11.6 Å². The standard InChI is InChI=1S/C11H17ClN4O/c1-16-11(14-10(17)3-2-5-12)8-7-13-6-4-9(8)15-16/h13H,2-7H2,1H3,(H,14,17). The molecule has 2 heterocycles. The van der Waals surface area contributed by atoms with Gasteiger partial charge in [0.05, 0.1) is 5.69 Å². The molecule has 0 radical (unpaired) electrons. The summed E-state index contributed by atoms with van der Waals surface area (Å²) in [6.45, 7) is 1.72. The second-order valence-corrected chi connectivity index (χ2v) is 4.54. The van der Waals surface area contributed by atoms with Crippen molar-refractivity contribution >= 4 is 23.3 Å². The lowest BCUT2D eigenvalue weighted by Crippen LogP contribution is -2.24. The molecule has 1 aliphatic heterocycles. The van der Waals surface area contributed by atoms with Crippen molar-refractivity contribution in [2.75, 3.05) is 17.7 Å². The van der Waals surface area contributed by atoms with Gasteiger partial charge in [0.2, 0.25) is 5.91 Å². The molecule has 17 heavy (non-hydrogen) atoms. The third-order valence-electron chi connectivity index (χ3n) is 2.86. The molecule has 0 saturated heterocycles. The lowest BCUT2D eigenvalue weighted by Gasteiger charge is -2.13. The maximum absolute atomic E-state index is 11.7. The molecule has 0 bridgehead atoms. The Hall–Kier alpha value is -1.07. The van der Waals surface area contributed by atoms with E-state index in [2.05, 4.69) is 15.7 Å². The molecule has 1 aromatic heterocycles. The number of rotatable bonds is 4. The van der Waals surface area contributed by atoms with Gasteiger partial charge in [-0.1, -0.05) is 0 Å². The summed E-state index contributed by atoms with van der Waals surface area (Å²) in [7, 11) is 1.86. The van der Waals surface area contributed by atoms with Gasteiger partial charge in [0.25, 0.3) is 0 Å². The Balaban J connectivity index is 2.10. The Morgan fingerprint density at radius 3 is 3.24 bits per heavy atom. The van der Waals surface area contributed by atoms with Gasteiger partial charge in [-0.05, 0) is 6.42 Å². The normalized spacial score (nSPS) is 14.5. The molecule has 0 atom stereocenters. The fourth-order valence-electron chi connectivity index (χ4n) is 2.01. The molecule has 0 spiro atoms. The number of aromatic nitrogens is 2. The molecule has 0 aliphatic carbocycles. The molecule has 5 nitrogen and oxygen atoms in total. The van der Waals surface area contributed by atoms with E-state index >= 15 is 0 Å². The lowest BCUT2D eigenvalue weighted by atomic mass is 10.1. The van der Waals surface area contributed by atoms with E-state index in [0.29, 0.717) is 18.7 Å². The molecule has 94 valence electrons. The fraction of sp³-hybridized carbons (Fsp3) is 0.636. The third-order valence-corrected chi connectivity index (χ3v) is 3.13. The van der Waals surface area contributed by atoms with Gasteiger partial charge in [-0.2, -0.15) is 5.10 Å². The summed E-state index contributed by atoms with van der Waals surface area (Å²) in [5.74, 6) is 1.33. The van der Waals surface area contributed by atoms with E-state index in [-0.39, 0.29) is 5.91 Å². The quantitative estimate of drug-likeness (QED) is 0.791. The highest BCUT2D eigenvalue weighted by molar-refractivity contribution is 6.18. The van der Waals surface area contributed by atoms with Crippen LogP contribution in [0.1, 0.15) is 24.1 Å². The number of hydrogen-bond donors (Lipinski definition) is 2. The predicted octanol–water partition coefficient (Wildman–Crippen LogP) is 1.02. The molecule has 1 aromatic rings. The average molecular weight is 257 g/mol. The summed E-state index contributed by atoms with van der Waals surface area (Å²) < 4.78 is 1.75. The van der Waals surface area contributed by atoms with E-state index in [0.717, 1.165) is 36.6 Å². The van der Waals surface area contributed by atoms with E-state index in [1.165, 1.54) is 0 Å². The molecule has 6 heteroatoms. The van der Waals surface area contributed by atoms with Gasteiger partial charge in [0.1, 0.15) is 5.82 Å². The maximum atomic E-state index is 11.7. The van der Waals surface area contributed by atoms with Crippen molar-refractivity contribution in [1.29, 1.82) is 0 Å². The average Bonchev–Trinajstić information content (AvgIpc) is 2.64. The highest BCUT2D eigenvalue weighted by Gasteiger charge is 2.19. The minimum atomic E-state index is 0.00187. The lowest BCUT2D eigenvalue weighted by molar-refractivity contribution is -0.116. The zero-order valence-corrected chi connectivity index (χ0v) is 10.7. The molecule has 1 aliphatic rings. The number of halogens is 1. The topological polar surface area (TPSA) is 59.0 Å². The van der Waals surface area contributed by atoms with Crippen LogP contribution in [0.4, 0.5) is 5.82 Å². The zero-order chi connectivity index (χ0) is 12.3. The Morgan fingerprint density at radius 2 is 2.47 bits per heavy atom. The summed E-state index contributed by atoms with van der Waals surface area (Å²) >= 11 is 5.57. The molecule has 2 rings (SSSR count). The summed E-state index contributed by atoms with van der Waals surface area (Å²) in [5, 5.41) is 10.6. The number of hydrogen-bond acceptors (Lipinski definition) is 3. The van der Waals surface area contributed by atoms with Gasteiger partial charge in [0, 0.05) is 44.4 Å². The maximum Gasteiger partial charge on any atom is 0.225 e. The first-order chi connectivity index (χ1) is 8.22. The monoisotopic (exact) mass is 256 g/mol. The van der Waals surface area contributed by atoms with Crippen LogP contribution in [0, 0.1) is 0 Å². The molecule has 1 amide bonds. The molecule has 0 aromatic carbocycles. The van der Waals surface area contributed by atoms with Crippen molar-refractivity contribution in [1.82, 2.24) is 15.1 Å². The second-order valence-electron chi connectivity index (χ2n) is 4.16. The number of anilines is 1. The molecular formula is C11H17ClN4O. The van der Waals surface area contributed by atoms with Crippen LogP contribution < -0.4 is 10.6 Å². The van der Waals surface area contributed by atoms with Gasteiger partial charge in [-0.25, -0.2) is 0 Å². The number of alkyl halides is 1. The molecule has 0 saturated carbocycles. The van der Waals surface area contributed by atoms with E-state index in [9.17, 15) is 4.79 Å². The van der Waals surface area contributed by atoms with Gasteiger partial charge >= 0.3 is 0 Å². The van der Waals surface area contributed by atoms with Gasteiger partial charge in [-0.15, -0.1) is 11.6 Å². The highest BCUT2D eigenvalue weighted by atomic mass is 35.5. The molecular weight excluding hydrogens is 240 g/mol. The largest absolute Gasteiger partial charge is 0.312 e. The van der Waals surface area contributed by atoms with Crippen molar-refractivity contribution in [3.05, 3.63) is 11.3 Å². The predicted molar refractivity (Wildman–Crippen MR) is 67.2 cm³/mol. The van der Waals surface area contributed by atoms with Crippen LogP contribution in [0.25, 0.3) is 0 Å². The van der Waals surface area contributed by atoms with Gasteiger partial charge in [0.15, 0.2) is 0 Å². The Morgan fingerprint density at radius 1 is 1.65 bits per heavy atom. The number of nitrogens with one attached hydrogen (secondary N) is 2. The Bertz CT molecular complexity index is 416. The molecule has 2 N–H and O–H groups in total. The SMILES string of the molecule is Cn1nc2c(c1NC(=O)CCCCl)CNCC2. The highest BCUT2D eigenvalue weighted by Crippen LogP contribution is 2.22. The van der Waals surface area contributed by atoms with Crippen LogP contribution in [0.2, 0.25) is 0 Å². The van der Waals surface area contributed by atoms with Crippen LogP contribution in [0.15, 0.2) is 0 Å². The van der Waals surface area contributed by atoms with Crippen LogP contribution in [-0.4, -0.2) is 28.1 Å². The van der Waals surface area contributed by atoms with E-state index in [1.807, 2.05) is 7.05 Å². The third kappa shape index (κ3) is 2.79. The Labute approximate surface area is 106 Å². The van der Waals surface area contributed by atoms with Crippen LogP contribution in [0.3, 0.4) is 0 Å². The number of carbonyl (C=O) groups excluding carboxylic acids is 1. The molecule has 0 unspecified atom stereocenters. The number of nitrogens with zero attached hydrogens (tertiary/aromatic N) is 2. The number of fused-ring (bicyclic) bond motifs is 1. The first-order valence-electron chi connectivity index (χ1n) is 5.83. The smallest absolute Gasteiger partial charge is 0.225 e. The van der Waals surface area contributed by atoms with Crippen LogP contribution in [0.5, 0.6) is 0 Å². The minimum absolute atomic E-state index is 0.00187. The molecule has 0 fully saturated rings. The minimum Gasteiger partial charge on any atom is -0.312 e. The second kappa shape index (κ2) is 5.51. The van der Waals surface area contributed by atoms with Crippen LogP contribution in [-0.2, 0) is 24.8 Å².